The summed E-state index contributed by atoms with van der Waals surface area (Å²) in [6, 6.07) is 12.0. The van der Waals surface area contributed by atoms with Gasteiger partial charge in [-0.25, -0.2) is 9.18 Å². The second kappa shape index (κ2) is 14.3. The van der Waals surface area contributed by atoms with Crippen molar-refractivity contribution in [2.45, 2.75) is 104 Å². The fourth-order valence-corrected chi connectivity index (χ4v) is 7.60. The molecule has 0 bridgehead atoms. The minimum absolute atomic E-state index is 0.121. The molecular weight excluding hydrogens is 645 g/mol. The van der Waals surface area contributed by atoms with Crippen LogP contribution in [0.2, 0.25) is 0 Å². The molecule has 3 aliphatic rings. The molecule has 4 aromatic rings. The Labute approximate surface area is 299 Å². The molecule has 1 aromatic carbocycles. The summed E-state index contributed by atoms with van der Waals surface area (Å²) in [6.45, 7) is 13.5. The summed E-state index contributed by atoms with van der Waals surface area (Å²) in [6.07, 6.45) is 10.2. The fourth-order valence-electron chi connectivity index (χ4n) is 7.60. The van der Waals surface area contributed by atoms with Gasteiger partial charge in [0.05, 0.1) is 29.1 Å². The molecule has 3 aromatic heterocycles. The summed E-state index contributed by atoms with van der Waals surface area (Å²) < 4.78 is 23.7. The van der Waals surface area contributed by atoms with E-state index in [0.29, 0.717) is 49.2 Å². The summed E-state index contributed by atoms with van der Waals surface area (Å²) in [4.78, 5) is 42.5. The number of nitrogens with zero attached hydrogens (tertiary/aromatic N) is 6. The Hall–Kier alpha value is -4.51. The molecule has 2 saturated heterocycles. The second-order valence-electron chi connectivity index (χ2n) is 15.6. The molecule has 2 aliphatic heterocycles. The van der Waals surface area contributed by atoms with Gasteiger partial charge < -0.3 is 24.4 Å². The lowest BCUT2D eigenvalue weighted by Crippen LogP contribution is -2.48. The van der Waals surface area contributed by atoms with Crippen molar-refractivity contribution in [1.82, 2.24) is 24.8 Å². The standard InChI is InChI=1S/C40H50FN7O3/c1-26-8-9-32(20-43-26)45-15-6-7-33(25-45)47(21-28-12-14-42-27(2)17-28)22-29-23-48(31-10-11-31)36-19-37(35(41)18-34(36)38(29)49)46-16-13-30(24-46)44-39(50)51-40(3,4)5/h8-9,12,14,17-20,23,30-31,33H,6-7,10-11,13,15-16,21-22,24-25H2,1-5H3,(H,44,50)/t30-,33+/m1/s1. The number of carbonyl (C=O) groups is 1. The van der Waals surface area contributed by atoms with Gasteiger partial charge in [-0.1, -0.05) is 0 Å². The number of benzene rings is 1. The van der Waals surface area contributed by atoms with Gasteiger partial charge in [0.1, 0.15) is 11.4 Å². The van der Waals surface area contributed by atoms with Crippen LogP contribution in [0.4, 0.5) is 20.6 Å². The lowest BCUT2D eigenvalue weighted by atomic mass is 10.0. The number of carbonyl (C=O) groups excluding carboxylic acids is 1. The number of halogens is 1. The molecule has 1 N–H and O–H groups in total. The number of rotatable bonds is 9. The van der Waals surface area contributed by atoms with E-state index in [1.165, 1.54) is 6.07 Å². The van der Waals surface area contributed by atoms with Crippen LogP contribution in [0.3, 0.4) is 0 Å². The molecule has 0 spiro atoms. The Morgan fingerprint density at radius 3 is 2.53 bits per heavy atom. The van der Waals surface area contributed by atoms with E-state index in [2.05, 4.69) is 53.9 Å². The van der Waals surface area contributed by atoms with Gasteiger partial charge in [-0.15, -0.1) is 0 Å². The van der Waals surface area contributed by atoms with Gasteiger partial charge in [-0.2, -0.15) is 0 Å². The molecule has 10 nitrogen and oxygen atoms in total. The van der Waals surface area contributed by atoms with Crippen LogP contribution in [0.5, 0.6) is 0 Å². The second-order valence-corrected chi connectivity index (χ2v) is 15.6. The van der Waals surface area contributed by atoms with Crippen LogP contribution in [0.1, 0.15) is 81.4 Å². The number of pyridine rings is 3. The molecule has 51 heavy (non-hydrogen) atoms. The number of hydrogen-bond acceptors (Lipinski definition) is 8. The average molecular weight is 696 g/mol. The Morgan fingerprint density at radius 1 is 0.980 bits per heavy atom. The van der Waals surface area contributed by atoms with E-state index in [1.807, 2.05) is 64.2 Å². The molecule has 1 aliphatic carbocycles. The summed E-state index contributed by atoms with van der Waals surface area (Å²) >= 11 is 0. The first-order valence-electron chi connectivity index (χ1n) is 18.3. The molecule has 0 unspecified atom stereocenters. The van der Waals surface area contributed by atoms with Gasteiger partial charge in [0.2, 0.25) is 0 Å². The third-order valence-electron chi connectivity index (χ3n) is 10.3. The lowest BCUT2D eigenvalue weighted by molar-refractivity contribution is 0.0509. The predicted molar refractivity (Wildman–Crippen MR) is 199 cm³/mol. The van der Waals surface area contributed by atoms with Crippen molar-refractivity contribution in [2.75, 3.05) is 36.0 Å². The van der Waals surface area contributed by atoms with Gasteiger partial charge in [0.15, 0.2) is 5.43 Å². The molecule has 1 saturated carbocycles. The number of aryl methyl sites for hydroxylation is 2. The van der Waals surface area contributed by atoms with Crippen LogP contribution in [0, 0.1) is 19.7 Å². The number of nitrogens with one attached hydrogen (secondary N) is 1. The summed E-state index contributed by atoms with van der Waals surface area (Å²) in [5, 5.41) is 3.35. The quantitative estimate of drug-likeness (QED) is 0.208. The first-order chi connectivity index (χ1) is 24.4. The zero-order chi connectivity index (χ0) is 35.9. The molecule has 1 amide bonds. The molecule has 11 heteroatoms. The van der Waals surface area contributed by atoms with Crippen LogP contribution in [-0.4, -0.2) is 69.4 Å². The number of amides is 1. The number of aromatic nitrogens is 3. The van der Waals surface area contributed by atoms with E-state index >= 15 is 4.39 Å². The van der Waals surface area contributed by atoms with E-state index in [9.17, 15) is 9.59 Å². The fraction of sp³-hybridized carbons (Fsp3) is 0.500. The van der Waals surface area contributed by atoms with Crippen LogP contribution in [0.15, 0.2) is 59.8 Å². The topological polar surface area (TPSA) is 95.8 Å². The third kappa shape index (κ3) is 8.19. The SMILES string of the molecule is Cc1ccc(N2CCC[C@H](N(Cc3ccnc(C)c3)Cc3cn(C4CC4)c4cc(N5CC[C@@H](NC(=O)OC(C)(C)C)C5)c(F)cc4c3=O)C2)cn1. The molecule has 3 fully saturated rings. The van der Waals surface area contributed by atoms with Crippen molar-refractivity contribution in [3.8, 4) is 0 Å². The first kappa shape index (κ1) is 34.9. The van der Waals surface area contributed by atoms with E-state index < -0.39 is 17.5 Å². The number of anilines is 2. The van der Waals surface area contributed by atoms with Gasteiger partial charge >= 0.3 is 6.09 Å². The van der Waals surface area contributed by atoms with Crippen LogP contribution in [-0.2, 0) is 17.8 Å². The molecule has 270 valence electrons. The highest BCUT2D eigenvalue weighted by atomic mass is 19.1. The Kier molecular flexibility index (Phi) is 9.76. The maximum absolute atomic E-state index is 16.0. The van der Waals surface area contributed by atoms with Crippen molar-refractivity contribution in [1.29, 1.82) is 0 Å². The van der Waals surface area contributed by atoms with Crippen molar-refractivity contribution < 1.29 is 13.9 Å². The number of fused-ring (bicyclic) bond motifs is 1. The molecule has 7 rings (SSSR count). The van der Waals surface area contributed by atoms with E-state index in [1.54, 1.807) is 0 Å². The maximum atomic E-state index is 16.0. The lowest BCUT2D eigenvalue weighted by Gasteiger charge is -2.40. The van der Waals surface area contributed by atoms with E-state index in [0.717, 1.165) is 66.9 Å². The maximum Gasteiger partial charge on any atom is 0.407 e. The van der Waals surface area contributed by atoms with Gasteiger partial charge in [0.25, 0.3) is 0 Å². The molecular formula is C40H50FN7O3. The zero-order valence-electron chi connectivity index (χ0n) is 30.5. The largest absolute Gasteiger partial charge is 0.444 e. The molecule has 2 atom stereocenters. The van der Waals surface area contributed by atoms with Gasteiger partial charge in [-0.05, 0) is 109 Å². The normalized spacial score (nSPS) is 19.6. The Bertz CT molecular complexity index is 1950. The highest BCUT2D eigenvalue weighted by molar-refractivity contribution is 5.84. The minimum atomic E-state index is -0.594. The van der Waals surface area contributed by atoms with Crippen molar-refractivity contribution >= 4 is 28.4 Å². The minimum Gasteiger partial charge on any atom is -0.444 e. The Balaban J connectivity index is 1.18. The molecule has 5 heterocycles. The smallest absolute Gasteiger partial charge is 0.407 e. The van der Waals surface area contributed by atoms with Crippen molar-refractivity contribution in [3.63, 3.8) is 0 Å². The average Bonchev–Trinajstić information content (AvgIpc) is 3.83. The van der Waals surface area contributed by atoms with E-state index in [-0.39, 0.29) is 23.6 Å². The summed E-state index contributed by atoms with van der Waals surface area (Å²) in [5.41, 5.74) is 5.41. The number of hydrogen-bond donors (Lipinski definition) is 1. The predicted octanol–water partition coefficient (Wildman–Crippen LogP) is 6.66. The van der Waals surface area contributed by atoms with Crippen LogP contribution in [0.25, 0.3) is 10.9 Å². The van der Waals surface area contributed by atoms with Crippen molar-refractivity contribution in [3.05, 3.63) is 93.5 Å². The third-order valence-corrected chi connectivity index (χ3v) is 10.3. The zero-order valence-corrected chi connectivity index (χ0v) is 30.5. The number of ether oxygens (including phenoxy) is 1. The van der Waals surface area contributed by atoms with Crippen LogP contribution >= 0.6 is 0 Å². The number of alkyl carbamates (subject to hydrolysis) is 1. The highest BCUT2D eigenvalue weighted by Gasteiger charge is 2.32. The van der Waals surface area contributed by atoms with E-state index in [4.69, 9.17) is 4.74 Å². The number of piperidine rings is 1. The Morgan fingerprint density at radius 2 is 1.80 bits per heavy atom. The molecule has 0 radical (unpaired) electrons. The first-order valence-corrected chi connectivity index (χ1v) is 18.3. The summed E-state index contributed by atoms with van der Waals surface area (Å²) in [7, 11) is 0. The van der Waals surface area contributed by atoms with Crippen LogP contribution < -0.4 is 20.5 Å². The van der Waals surface area contributed by atoms with Gasteiger partial charge in [0, 0.05) is 86.1 Å². The monoisotopic (exact) mass is 695 g/mol. The summed E-state index contributed by atoms with van der Waals surface area (Å²) in [5.74, 6) is -0.421. The van der Waals surface area contributed by atoms with Gasteiger partial charge in [-0.3, -0.25) is 19.7 Å². The highest BCUT2D eigenvalue weighted by Crippen LogP contribution is 2.39. The van der Waals surface area contributed by atoms with Crippen molar-refractivity contribution in [2.24, 2.45) is 0 Å².